The Labute approximate surface area is 127 Å². The fourth-order valence-corrected chi connectivity index (χ4v) is 4.32. The average Bonchev–Trinajstić information content (AvgIpc) is 3.08. The van der Waals surface area contributed by atoms with Crippen LogP contribution in [0.4, 0.5) is 0 Å². The first-order valence-electron chi connectivity index (χ1n) is 6.84. The Balaban J connectivity index is 1.66. The highest BCUT2D eigenvalue weighted by Crippen LogP contribution is 2.37. The van der Waals surface area contributed by atoms with Gasteiger partial charge in [0.2, 0.25) is 0 Å². The highest BCUT2D eigenvalue weighted by atomic mass is 32.1. The number of hydrogen-bond donors (Lipinski definition) is 1. The van der Waals surface area contributed by atoms with Crippen molar-refractivity contribution in [1.29, 1.82) is 0 Å². The summed E-state index contributed by atoms with van der Waals surface area (Å²) in [6.45, 7) is 4.52. The Morgan fingerprint density at radius 3 is 2.95 bits per heavy atom. The first kappa shape index (κ1) is 13.8. The minimum Gasteiger partial charge on any atom is -0.348 e. The number of carbonyl (C=O) groups is 1. The van der Waals surface area contributed by atoms with Crippen molar-refractivity contribution >= 4 is 28.6 Å². The third-order valence-electron chi connectivity index (χ3n) is 3.77. The van der Waals surface area contributed by atoms with E-state index in [2.05, 4.69) is 24.1 Å². The van der Waals surface area contributed by atoms with Gasteiger partial charge in [0, 0.05) is 11.4 Å². The second kappa shape index (κ2) is 5.30. The molecule has 2 heterocycles. The fraction of sp³-hybridized carbons (Fsp3) is 0.467. The third kappa shape index (κ3) is 2.94. The predicted molar refractivity (Wildman–Crippen MR) is 84.3 cm³/mol. The van der Waals surface area contributed by atoms with Gasteiger partial charge in [-0.1, -0.05) is 19.9 Å². The lowest BCUT2D eigenvalue weighted by Gasteiger charge is -2.17. The van der Waals surface area contributed by atoms with Crippen LogP contribution in [-0.2, 0) is 0 Å². The van der Waals surface area contributed by atoms with E-state index in [0.29, 0.717) is 17.2 Å². The standard InChI is InChI=1S/C15H18N2OS2/c1-15(2)6-5-10(8-15)16-13(18)11-9-20-14(17-11)12-4-3-7-19-12/h3-4,7,9-10H,5-6,8H2,1-2H3,(H,16,18). The average molecular weight is 306 g/mol. The first-order chi connectivity index (χ1) is 9.53. The molecule has 0 aliphatic heterocycles. The molecule has 1 saturated carbocycles. The van der Waals surface area contributed by atoms with Crippen LogP contribution in [0.5, 0.6) is 0 Å². The van der Waals surface area contributed by atoms with Gasteiger partial charge in [-0.3, -0.25) is 4.79 Å². The van der Waals surface area contributed by atoms with Crippen molar-refractivity contribution in [3.05, 3.63) is 28.6 Å². The lowest BCUT2D eigenvalue weighted by molar-refractivity contribution is 0.0931. The number of rotatable bonds is 3. The zero-order chi connectivity index (χ0) is 14.2. The number of thiophene rings is 1. The van der Waals surface area contributed by atoms with Crippen molar-refractivity contribution in [3.63, 3.8) is 0 Å². The Morgan fingerprint density at radius 2 is 2.30 bits per heavy atom. The molecule has 20 heavy (non-hydrogen) atoms. The molecule has 106 valence electrons. The fourth-order valence-electron chi connectivity index (χ4n) is 2.71. The zero-order valence-corrected chi connectivity index (χ0v) is 13.3. The largest absolute Gasteiger partial charge is 0.348 e. The zero-order valence-electron chi connectivity index (χ0n) is 11.7. The summed E-state index contributed by atoms with van der Waals surface area (Å²) in [5.74, 6) is -0.0354. The highest BCUT2D eigenvalue weighted by molar-refractivity contribution is 7.20. The van der Waals surface area contributed by atoms with Gasteiger partial charge in [-0.15, -0.1) is 22.7 Å². The summed E-state index contributed by atoms with van der Waals surface area (Å²) in [5, 5.41) is 7.92. The van der Waals surface area contributed by atoms with Crippen molar-refractivity contribution in [2.24, 2.45) is 5.41 Å². The molecule has 0 aromatic carbocycles. The van der Waals surface area contributed by atoms with Crippen LogP contribution < -0.4 is 5.32 Å². The normalized spacial score (nSPS) is 21.0. The Morgan fingerprint density at radius 1 is 1.45 bits per heavy atom. The lowest BCUT2D eigenvalue weighted by Crippen LogP contribution is -2.33. The van der Waals surface area contributed by atoms with Gasteiger partial charge in [0.25, 0.3) is 5.91 Å². The molecule has 3 nitrogen and oxygen atoms in total. The summed E-state index contributed by atoms with van der Waals surface area (Å²) >= 11 is 3.18. The van der Waals surface area contributed by atoms with Gasteiger partial charge in [0.1, 0.15) is 10.7 Å². The van der Waals surface area contributed by atoms with E-state index in [9.17, 15) is 4.79 Å². The van der Waals surface area contributed by atoms with Gasteiger partial charge in [-0.25, -0.2) is 4.98 Å². The van der Waals surface area contributed by atoms with E-state index < -0.39 is 0 Å². The molecule has 1 unspecified atom stereocenters. The van der Waals surface area contributed by atoms with Crippen LogP contribution in [0.3, 0.4) is 0 Å². The Kier molecular flexibility index (Phi) is 3.65. The summed E-state index contributed by atoms with van der Waals surface area (Å²) in [5.41, 5.74) is 0.894. The van der Waals surface area contributed by atoms with Crippen molar-refractivity contribution in [2.75, 3.05) is 0 Å². The number of amides is 1. The topological polar surface area (TPSA) is 42.0 Å². The second-order valence-electron chi connectivity index (χ2n) is 6.09. The summed E-state index contributed by atoms with van der Waals surface area (Å²) in [6.07, 6.45) is 3.30. The molecule has 1 atom stereocenters. The van der Waals surface area contributed by atoms with Crippen LogP contribution in [0.2, 0.25) is 0 Å². The van der Waals surface area contributed by atoms with Crippen LogP contribution >= 0.6 is 22.7 Å². The lowest BCUT2D eigenvalue weighted by atomic mass is 9.92. The van der Waals surface area contributed by atoms with E-state index in [0.717, 1.165) is 22.7 Å². The molecule has 1 aliphatic rings. The van der Waals surface area contributed by atoms with Crippen LogP contribution in [0.1, 0.15) is 43.6 Å². The Bertz CT molecular complexity index is 601. The molecule has 5 heteroatoms. The van der Waals surface area contributed by atoms with E-state index in [-0.39, 0.29) is 5.91 Å². The van der Waals surface area contributed by atoms with E-state index in [4.69, 9.17) is 0 Å². The summed E-state index contributed by atoms with van der Waals surface area (Å²) in [4.78, 5) is 17.8. The van der Waals surface area contributed by atoms with Crippen LogP contribution in [0.15, 0.2) is 22.9 Å². The first-order valence-corrected chi connectivity index (χ1v) is 8.60. The van der Waals surface area contributed by atoms with E-state index in [1.165, 1.54) is 17.8 Å². The van der Waals surface area contributed by atoms with Crippen molar-refractivity contribution in [2.45, 2.75) is 39.2 Å². The maximum absolute atomic E-state index is 12.2. The van der Waals surface area contributed by atoms with Gasteiger partial charge in [0.05, 0.1) is 4.88 Å². The smallest absolute Gasteiger partial charge is 0.270 e. The molecule has 1 N–H and O–H groups in total. The molecule has 2 aromatic heterocycles. The van der Waals surface area contributed by atoms with Crippen LogP contribution in [0, 0.1) is 5.41 Å². The van der Waals surface area contributed by atoms with Gasteiger partial charge < -0.3 is 5.32 Å². The number of hydrogen-bond acceptors (Lipinski definition) is 4. The van der Waals surface area contributed by atoms with Crippen LogP contribution in [0.25, 0.3) is 9.88 Å². The number of nitrogens with zero attached hydrogens (tertiary/aromatic N) is 1. The van der Waals surface area contributed by atoms with E-state index in [1.54, 1.807) is 11.3 Å². The molecular weight excluding hydrogens is 288 g/mol. The minimum absolute atomic E-state index is 0.0354. The number of nitrogens with one attached hydrogen (secondary N) is 1. The van der Waals surface area contributed by atoms with Gasteiger partial charge in [0.15, 0.2) is 0 Å². The van der Waals surface area contributed by atoms with Gasteiger partial charge >= 0.3 is 0 Å². The number of thiazole rings is 1. The van der Waals surface area contributed by atoms with Crippen molar-refractivity contribution in [3.8, 4) is 9.88 Å². The summed E-state index contributed by atoms with van der Waals surface area (Å²) < 4.78 is 0. The molecular formula is C15H18N2OS2. The quantitative estimate of drug-likeness (QED) is 0.924. The predicted octanol–water partition coefficient (Wildman–Crippen LogP) is 4.18. The summed E-state index contributed by atoms with van der Waals surface area (Å²) in [6, 6.07) is 4.33. The molecule has 1 aliphatic carbocycles. The third-order valence-corrected chi connectivity index (χ3v) is 5.65. The SMILES string of the molecule is CC1(C)CCC(NC(=O)c2csc(-c3cccs3)n2)C1. The van der Waals surface area contributed by atoms with Gasteiger partial charge in [-0.05, 0) is 36.1 Å². The molecule has 1 amide bonds. The molecule has 0 spiro atoms. The van der Waals surface area contributed by atoms with Gasteiger partial charge in [-0.2, -0.15) is 0 Å². The van der Waals surface area contributed by atoms with Crippen molar-refractivity contribution in [1.82, 2.24) is 10.3 Å². The van der Waals surface area contributed by atoms with Crippen molar-refractivity contribution < 1.29 is 4.79 Å². The monoisotopic (exact) mass is 306 g/mol. The maximum Gasteiger partial charge on any atom is 0.270 e. The molecule has 1 fully saturated rings. The van der Waals surface area contributed by atoms with E-state index in [1.807, 2.05) is 22.9 Å². The molecule has 0 saturated heterocycles. The number of carbonyl (C=O) groups excluding carboxylic acids is 1. The molecule has 2 aromatic rings. The molecule has 0 radical (unpaired) electrons. The minimum atomic E-state index is -0.0354. The molecule has 3 rings (SSSR count). The molecule has 0 bridgehead atoms. The number of aromatic nitrogens is 1. The van der Waals surface area contributed by atoms with E-state index >= 15 is 0 Å². The Hall–Kier alpha value is -1.20. The highest BCUT2D eigenvalue weighted by Gasteiger charge is 2.32. The van der Waals surface area contributed by atoms with Crippen LogP contribution in [-0.4, -0.2) is 16.9 Å². The summed E-state index contributed by atoms with van der Waals surface area (Å²) in [7, 11) is 0. The second-order valence-corrected chi connectivity index (χ2v) is 7.90. The maximum atomic E-state index is 12.2.